The minimum atomic E-state index is -0.160. The number of nitrogens with zero attached hydrogens (tertiary/aromatic N) is 2. The number of aromatic hydroxyl groups is 1. The summed E-state index contributed by atoms with van der Waals surface area (Å²) in [7, 11) is 1.69. The molecule has 1 saturated heterocycles. The number of hydrogen-bond donors (Lipinski definition) is 1. The van der Waals surface area contributed by atoms with Crippen molar-refractivity contribution in [2.45, 2.75) is 13.8 Å². The summed E-state index contributed by atoms with van der Waals surface area (Å²) in [5.74, 6) is -0.0838. The van der Waals surface area contributed by atoms with E-state index in [0.29, 0.717) is 20.7 Å². The average molecular weight is 373 g/mol. The number of halogens is 1. The second kappa shape index (κ2) is 6.94. The van der Waals surface area contributed by atoms with Crippen LogP contribution in [0.4, 0.5) is 5.69 Å². The summed E-state index contributed by atoms with van der Waals surface area (Å²) in [6.07, 6.45) is 1.63. The van der Waals surface area contributed by atoms with Crippen molar-refractivity contribution >= 4 is 46.2 Å². The minimum Gasteiger partial charge on any atom is -0.507 e. The molecule has 0 atom stereocenters. The van der Waals surface area contributed by atoms with E-state index in [0.717, 1.165) is 11.3 Å². The Morgan fingerprint density at radius 1 is 1.16 bits per heavy atom. The van der Waals surface area contributed by atoms with Crippen LogP contribution >= 0.6 is 23.4 Å². The molecule has 0 radical (unpaired) electrons. The molecule has 25 heavy (non-hydrogen) atoms. The molecule has 0 aromatic heterocycles. The van der Waals surface area contributed by atoms with E-state index in [1.165, 1.54) is 28.3 Å². The molecule has 0 unspecified atom stereocenters. The number of aryl methyl sites for hydroxylation is 2. The van der Waals surface area contributed by atoms with Gasteiger partial charge in [-0.25, -0.2) is 4.99 Å². The summed E-state index contributed by atoms with van der Waals surface area (Å²) in [4.78, 5) is 19.0. The molecule has 2 aromatic carbocycles. The Kier molecular flexibility index (Phi) is 4.88. The Labute approximate surface area is 155 Å². The standard InChI is InChI=1S/C19H17ClN2O2S/c1-11-4-6-15(8-12(11)2)21-19-22(3)18(24)17(25-19)10-13-9-14(20)5-7-16(13)23/h4-10,23H,1-3H3/b17-10+,21-19?. The molecule has 128 valence electrons. The molecular formula is C19H17ClN2O2S. The molecule has 2 aromatic rings. The molecule has 1 aliphatic heterocycles. The Bertz CT molecular complexity index is 922. The molecule has 0 spiro atoms. The third-order valence-electron chi connectivity index (χ3n) is 4.00. The lowest BCUT2D eigenvalue weighted by Gasteiger charge is -2.08. The Hall–Kier alpha value is -2.24. The lowest BCUT2D eigenvalue weighted by atomic mass is 10.1. The van der Waals surface area contributed by atoms with Gasteiger partial charge in [-0.05, 0) is 73.1 Å². The molecule has 1 aliphatic rings. The van der Waals surface area contributed by atoms with Crippen LogP contribution in [0.2, 0.25) is 5.02 Å². The first kappa shape index (κ1) is 17.6. The predicted molar refractivity (Wildman–Crippen MR) is 104 cm³/mol. The summed E-state index contributed by atoms with van der Waals surface area (Å²) >= 11 is 7.24. The highest BCUT2D eigenvalue weighted by atomic mass is 35.5. The van der Waals surface area contributed by atoms with Crippen molar-refractivity contribution in [3.8, 4) is 5.75 Å². The van der Waals surface area contributed by atoms with Crippen molar-refractivity contribution in [1.82, 2.24) is 4.90 Å². The van der Waals surface area contributed by atoms with Crippen molar-refractivity contribution in [2.75, 3.05) is 7.05 Å². The Balaban J connectivity index is 1.94. The van der Waals surface area contributed by atoms with E-state index in [1.54, 1.807) is 25.3 Å². The summed E-state index contributed by atoms with van der Waals surface area (Å²) < 4.78 is 0. The van der Waals surface area contributed by atoms with Crippen LogP contribution in [0.1, 0.15) is 16.7 Å². The third-order valence-corrected chi connectivity index (χ3v) is 5.29. The molecule has 1 amide bonds. The monoisotopic (exact) mass is 372 g/mol. The number of phenolic OH excluding ortho intramolecular Hbond substituents is 1. The minimum absolute atomic E-state index is 0.0764. The van der Waals surface area contributed by atoms with E-state index >= 15 is 0 Å². The SMILES string of the molecule is Cc1ccc(N=C2S/C(=C/c3cc(Cl)ccc3O)C(=O)N2C)cc1C. The van der Waals surface area contributed by atoms with Crippen LogP contribution in [-0.2, 0) is 4.79 Å². The number of likely N-dealkylation sites (N-methyl/N-ethyl adjacent to an activating group) is 1. The number of amidine groups is 1. The molecule has 1 heterocycles. The zero-order chi connectivity index (χ0) is 18.1. The molecule has 0 aliphatic carbocycles. The van der Waals surface area contributed by atoms with Gasteiger partial charge in [-0.15, -0.1) is 0 Å². The first-order valence-electron chi connectivity index (χ1n) is 7.67. The van der Waals surface area contributed by atoms with E-state index in [2.05, 4.69) is 4.99 Å². The smallest absolute Gasteiger partial charge is 0.266 e. The summed E-state index contributed by atoms with van der Waals surface area (Å²) in [5, 5.41) is 11.0. The molecule has 4 nitrogen and oxygen atoms in total. The first-order chi connectivity index (χ1) is 11.8. The van der Waals surface area contributed by atoms with E-state index in [9.17, 15) is 9.90 Å². The fraction of sp³-hybridized carbons (Fsp3) is 0.158. The number of benzene rings is 2. The van der Waals surface area contributed by atoms with Crippen LogP contribution < -0.4 is 0 Å². The van der Waals surface area contributed by atoms with E-state index in [4.69, 9.17) is 11.6 Å². The van der Waals surface area contributed by atoms with Gasteiger partial charge in [0.1, 0.15) is 5.75 Å². The third kappa shape index (κ3) is 3.72. The number of carbonyl (C=O) groups is 1. The lowest BCUT2D eigenvalue weighted by molar-refractivity contribution is -0.121. The van der Waals surface area contributed by atoms with Crippen molar-refractivity contribution in [3.63, 3.8) is 0 Å². The van der Waals surface area contributed by atoms with Crippen LogP contribution in [0.5, 0.6) is 5.75 Å². The highest BCUT2D eigenvalue weighted by Crippen LogP contribution is 2.35. The fourth-order valence-corrected chi connectivity index (χ4v) is 3.50. The van der Waals surface area contributed by atoms with E-state index < -0.39 is 0 Å². The fourth-order valence-electron chi connectivity index (χ4n) is 2.34. The highest BCUT2D eigenvalue weighted by molar-refractivity contribution is 8.18. The van der Waals surface area contributed by atoms with Crippen molar-refractivity contribution in [2.24, 2.45) is 4.99 Å². The molecule has 3 rings (SSSR count). The van der Waals surface area contributed by atoms with Gasteiger partial charge in [-0.1, -0.05) is 17.7 Å². The number of thioether (sulfide) groups is 1. The van der Waals surface area contributed by atoms with Gasteiger partial charge >= 0.3 is 0 Å². The summed E-state index contributed by atoms with van der Waals surface area (Å²) in [5.41, 5.74) is 3.66. The van der Waals surface area contributed by atoms with Gasteiger partial charge < -0.3 is 5.11 Å². The van der Waals surface area contributed by atoms with Crippen molar-refractivity contribution < 1.29 is 9.90 Å². The highest BCUT2D eigenvalue weighted by Gasteiger charge is 2.30. The van der Waals surface area contributed by atoms with Crippen molar-refractivity contribution in [3.05, 3.63) is 63.0 Å². The zero-order valence-corrected chi connectivity index (χ0v) is 15.6. The normalized spacial score (nSPS) is 17.8. The predicted octanol–water partition coefficient (Wildman–Crippen LogP) is 4.90. The number of phenols is 1. The molecular weight excluding hydrogens is 356 g/mol. The summed E-state index contributed by atoms with van der Waals surface area (Å²) in [6, 6.07) is 10.7. The van der Waals surface area contributed by atoms with E-state index in [1.807, 2.05) is 32.0 Å². The van der Waals surface area contributed by atoms with Crippen LogP contribution in [0, 0.1) is 13.8 Å². The van der Waals surface area contributed by atoms with Crippen molar-refractivity contribution in [1.29, 1.82) is 0 Å². The maximum Gasteiger partial charge on any atom is 0.266 e. The van der Waals surface area contributed by atoms with Gasteiger partial charge in [0, 0.05) is 17.6 Å². The lowest BCUT2D eigenvalue weighted by Crippen LogP contribution is -2.23. The Morgan fingerprint density at radius 2 is 1.92 bits per heavy atom. The number of hydrogen-bond acceptors (Lipinski definition) is 4. The van der Waals surface area contributed by atoms with Crippen LogP contribution in [0.3, 0.4) is 0 Å². The molecule has 0 bridgehead atoms. The molecule has 6 heteroatoms. The van der Waals surface area contributed by atoms with Gasteiger partial charge in [0.25, 0.3) is 5.91 Å². The van der Waals surface area contributed by atoms with Gasteiger partial charge in [0.2, 0.25) is 0 Å². The maximum absolute atomic E-state index is 12.5. The number of carbonyl (C=O) groups excluding carboxylic acids is 1. The number of amides is 1. The van der Waals surface area contributed by atoms with Gasteiger partial charge in [-0.2, -0.15) is 0 Å². The largest absolute Gasteiger partial charge is 0.507 e. The quantitative estimate of drug-likeness (QED) is 0.763. The topological polar surface area (TPSA) is 52.9 Å². The van der Waals surface area contributed by atoms with E-state index in [-0.39, 0.29) is 11.7 Å². The Morgan fingerprint density at radius 3 is 2.64 bits per heavy atom. The van der Waals surface area contributed by atoms with Crippen LogP contribution in [0.25, 0.3) is 6.08 Å². The zero-order valence-electron chi connectivity index (χ0n) is 14.1. The number of aliphatic imine (C=N–C) groups is 1. The van der Waals surface area contributed by atoms with Gasteiger partial charge in [0.15, 0.2) is 5.17 Å². The summed E-state index contributed by atoms with van der Waals surface area (Å²) in [6.45, 7) is 4.08. The molecule has 0 saturated carbocycles. The second-order valence-electron chi connectivity index (χ2n) is 5.84. The molecule has 1 N–H and O–H groups in total. The first-order valence-corrected chi connectivity index (χ1v) is 8.86. The van der Waals surface area contributed by atoms with Gasteiger partial charge in [0.05, 0.1) is 10.6 Å². The van der Waals surface area contributed by atoms with Crippen LogP contribution in [-0.4, -0.2) is 28.1 Å². The number of rotatable bonds is 2. The molecule has 1 fully saturated rings. The average Bonchev–Trinajstić information content (AvgIpc) is 2.82. The van der Waals surface area contributed by atoms with Gasteiger partial charge in [-0.3, -0.25) is 9.69 Å². The maximum atomic E-state index is 12.5. The second-order valence-corrected chi connectivity index (χ2v) is 7.29. The van der Waals surface area contributed by atoms with Crippen LogP contribution in [0.15, 0.2) is 46.3 Å².